The van der Waals surface area contributed by atoms with Crippen molar-refractivity contribution in [3.05, 3.63) is 91.0 Å². The molecule has 0 amide bonds. The first-order valence-electron chi connectivity index (χ1n) is 13.3. The summed E-state index contributed by atoms with van der Waals surface area (Å²) in [6, 6.07) is 30.8. The molecule has 0 fully saturated rings. The average molecular weight is 573 g/mol. The quantitative estimate of drug-likeness (QED) is 0.180. The first-order chi connectivity index (χ1) is 18.5. The molecule has 10 heteroatoms. The molecule has 3 rings (SSSR count). The molecule has 3 aromatic carbocycles. The van der Waals surface area contributed by atoms with E-state index in [0.29, 0.717) is 33.0 Å². The molecule has 0 saturated heterocycles. The van der Waals surface area contributed by atoms with Gasteiger partial charge in [0.15, 0.2) is 0 Å². The lowest BCUT2D eigenvalue weighted by Gasteiger charge is -2.42. The molecule has 0 spiro atoms. The fourth-order valence-electron chi connectivity index (χ4n) is 4.31. The monoisotopic (exact) mass is 572 g/mol. The van der Waals surface area contributed by atoms with Gasteiger partial charge in [0.25, 0.3) is 8.32 Å². The molecule has 0 N–H and O–H groups in total. The van der Waals surface area contributed by atoms with Gasteiger partial charge in [-0.15, -0.1) is 0 Å². The number of hydrogen-bond acceptors (Lipinski definition) is 7. The van der Waals surface area contributed by atoms with Crippen molar-refractivity contribution in [2.45, 2.75) is 34.6 Å². The minimum Gasteiger partial charge on any atom is -0.381 e. The first kappa shape index (κ1) is 30.6. The highest BCUT2D eigenvalue weighted by atomic mass is 28.5. The summed E-state index contributed by atoms with van der Waals surface area (Å²) in [7, 11) is -10.9. The Morgan fingerprint density at radius 2 is 0.684 bits per heavy atom. The van der Waals surface area contributed by atoms with Crippen LogP contribution in [0.15, 0.2) is 91.0 Å². The summed E-state index contributed by atoms with van der Waals surface area (Å²) < 4.78 is 45.1. The van der Waals surface area contributed by atoms with Gasteiger partial charge in [0.2, 0.25) is 0 Å². The van der Waals surface area contributed by atoms with Crippen LogP contribution in [0.2, 0.25) is 0 Å². The summed E-state index contributed by atoms with van der Waals surface area (Å²) in [6.45, 7) is 11.1. The van der Waals surface area contributed by atoms with Crippen LogP contribution in [-0.4, -0.2) is 59.4 Å². The molecule has 206 valence electrons. The normalized spacial score (nSPS) is 12.6. The summed E-state index contributed by atoms with van der Waals surface area (Å²) in [5.74, 6) is 0. The predicted molar refractivity (Wildman–Crippen MR) is 156 cm³/mol. The van der Waals surface area contributed by atoms with Crippen LogP contribution in [0.4, 0.5) is 0 Å². The summed E-state index contributed by atoms with van der Waals surface area (Å²) in [5, 5.41) is 3.11. The van der Waals surface area contributed by atoms with E-state index < -0.39 is 26.4 Å². The van der Waals surface area contributed by atoms with Crippen molar-refractivity contribution in [1.82, 2.24) is 0 Å². The van der Waals surface area contributed by atoms with Crippen LogP contribution < -0.4 is 15.6 Å². The molecular weight excluding hydrogens is 533 g/mol. The average Bonchev–Trinajstić information content (AvgIpc) is 2.94. The third-order valence-electron chi connectivity index (χ3n) is 5.67. The molecular formula is C28H40O7Si3. The molecule has 0 aliphatic heterocycles. The van der Waals surface area contributed by atoms with Gasteiger partial charge < -0.3 is 30.4 Å². The minimum atomic E-state index is -3.98. The van der Waals surface area contributed by atoms with E-state index in [2.05, 4.69) is 36.4 Å². The number of rotatable bonds is 17. The Bertz CT molecular complexity index is 938. The highest BCUT2D eigenvalue weighted by Gasteiger charge is 2.63. The van der Waals surface area contributed by atoms with E-state index in [0.717, 1.165) is 15.6 Å². The molecule has 0 unspecified atom stereocenters. The lowest BCUT2D eigenvalue weighted by Crippen LogP contribution is -2.76. The predicted octanol–water partition coefficient (Wildman–Crippen LogP) is 3.74. The molecule has 0 atom stereocenters. The second kappa shape index (κ2) is 15.0. The molecule has 0 radical (unpaired) electrons. The lowest BCUT2D eigenvalue weighted by atomic mass is 10.3. The molecule has 0 aromatic heterocycles. The maximum Gasteiger partial charge on any atom is 0.673 e. The van der Waals surface area contributed by atoms with E-state index in [1.165, 1.54) is 0 Å². The highest BCUT2D eigenvalue weighted by molar-refractivity contribution is 7.09. The van der Waals surface area contributed by atoms with Crippen molar-refractivity contribution in [3.8, 4) is 0 Å². The fourth-order valence-corrected chi connectivity index (χ4v) is 15.7. The Morgan fingerprint density at radius 3 is 0.974 bits per heavy atom. The van der Waals surface area contributed by atoms with Crippen LogP contribution in [0, 0.1) is 0 Å². The molecule has 38 heavy (non-hydrogen) atoms. The number of hydrogen-bond donors (Lipinski definition) is 0. The van der Waals surface area contributed by atoms with Crippen LogP contribution in [0.3, 0.4) is 0 Å². The molecule has 0 heterocycles. The van der Waals surface area contributed by atoms with E-state index >= 15 is 0 Å². The topological polar surface area (TPSA) is 64.6 Å². The van der Waals surface area contributed by atoms with Gasteiger partial charge in [0, 0.05) is 33.0 Å². The summed E-state index contributed by atoms with van der Waals surface area (Å²) in [6.07, 6.45) is 0. The summed E-state index contributed by atoms with van der Waals surface area (Å²) >= 11 is 0. The van der Waals surface area contributed by atoms with Gasteiger partial charge in [-0.25, -0.2) is 0 Å². The van der Waals surface area contributed by atoms with E-state index in [9.17, 15) is 0 Å². The van der Waals surface area contributed by atoms with Gasteiger partial charge in [-0.3, -0.25) is 0 Å². The van der Waals surface area contributed by atoms with Crippen molar-refractivity contribution in [3.63, 3.8) is 0 Å². The van der Waals surface area contributed by atoms with Crippen LogP contribution in [0.25, 0.3) is 0 Å². The Labute approximate surface area is 230 Å². The summed E-state index contributed by atoms with van der Waals surface area (Å²) in [4.78, 5) is 0. The second-order valence-corrected chi connectivity index (χ2v) is 16.3. The van der Waals surface area contributed by atoms with Crippen LogP contribution >= 0.6 is 0 Å². The van der Waals surface area contributed by atoms with Gasteiger partial charge in [0.05, 0.1) is 0 Å². The Hall–Kier alpha value is -1.97. The summed E-state index contributed by atoms with van der Waals surface area (Å²) in [5.41, 5.74) is 0. The van der Waals surface area contributed by atoms with Gasteiger partial charge in [-0.2, -0.15) is 0 Å². The maximum atomic E-state index is 7.37. The van der Waals surface area contributed by atoms with E-state index in [1.807, 2.05) is 89.2 Å². The van der Waals surface area contributed by atoms with Gasteiger partial charge in [-0.05, 0) is 50.2 Å². The molecule has 7 nitrogen and oxygen atoms in total. The van der Waals surface area contributed by atoms with Gasteiger partial charge in [0.1, 0.15) is 0 Å². The molecule has 0 aliphatic carbocycles. The minimum absolute atomic E-state index is 0.309. The van der Waals surface area contributed by atoms with E-state index in [-0.39, 0.29) is 0 Å². The Balaban J connectivity index is 2.31. The van der Waals surface area contributed by atoms with Crippen LogP contribution in [0.1, 0.15) is 34.6 Å². The maximum absolute atomic E-state index is 7.37. The van der Waals surface area contributed by atoms with E-state index in [4.69, 9.17) is 30.4 Å². The number of benzene rings is 3. The molecule has 0 aliphatic rings. The zero-order valence-electron chi connectivity index (χ0n) is 23.1. The van der Waals surface area contributed by atoms with Crippen molar-refractivity contribution in [1.29, 1.82) is 0 Å². The zero-order chi connectivity index (χ0) is 27.3. The second-order valence-electron chi connectivity index (χ2n) is 8.15. The van der Waals surface area contributed by atoms with Crippen molar-refractivity contribution < 1.29 is 30.4 Å². The molecule has 3 aromatic rings. The third kappa shape index (κ3) is 7.16. The molecule has 0 saturated carbocycles. The SMILES string of the molecule is CCO[Si](OCC)(OCC)O[Si](OCC)(OCC)O[Si](c1ccccc1)(c1ccccc1)c1ccccc1. The smallest absolute Gasteiger partial charge is 0.381 e. The highest BCUT2D eigenvalue weighted by Crippen LogP contribution is 2.26. The van der Waals surface area contributed by atoms with Gasteiger partial charge in [-0.1, -0.05) is 91.0 Å². The van der Waals surface area contributed by atoms with Crippen molar-refractivity contribution in [2.24, 2.45) is 0 Å². The fraction of sp³-hybridized carbons (Fsp3) is 0.357. The third-order valence-corrected chi connectivity index (χ3v) is 16.5. The van der Waals surface area contributed by atoms with Crippen LogP contribution in [-0.2, 0) is 30.4 Å². The van der Waals surface area contributed by atoms with Crippen LogP contribution in [0.5, 0.6) is 0 Å². The molecule has 0 bridgehead atoms. The van der Waals surface area contributed by atoms with Gasteiger partial charge >= 0.3 is 18.1 Å². The standard InChI is InChI=1S/C28H40O7Si3/c1-6-29-37(30-7-2,31-8-3)35-38(32-9-4,33-10-5)34-36(26-20-14-11-15-21-26,27-22-16-12-17-23-27)28-24-18-13-19-25-28/h11-25H,6-10H2,1-5H3. The largest absolute Gasteiger partial charge is 0.673 e. The first-order valence-corrected chi connectivity index (χ1v) is 18.5. The van der Waals surface area contributed by atoms with Crippen molar-refractivity contribution >= 4 is 42.0 Å². The zero-order valence-corrected chi connectivity index (χ0v) is 26.1. The van der Waals surface area contributed by atoms with E-state index in [1.54, 1.807) is 0 Å². The lowest BCUT2D eigenvalue weighted by molar-refractivity contribution is -0.0448. The Kier molecular flexibility index (Phi) is 12.1. The van der Waals surface area contributed by atoms with Crippen molar-refractivity contribution in [2.75, 3.05) is 33.0 Å². The Morgan fingerprint density at radius 1 is 0.395 bits per heavy atom.